The summed E-state index contributed by atoms with van der Waals surface area (Å²) < 4.78 is 1.08. The summed E-state index contributed by atoms with van der Waals surface area (Å²) in [6.45, 7) is 2.89. The van der Waals surface area contributed by atoms with E-state index in [1.165, 1.54) is 22.5 Å². The first kappa shape index (κ1) is 20.4. The zero-order valence-corrected chi connectivity index (χ0v) is 18.1. The Kier molecular flexibility index (Phi) is 6.04. The molecule has 1 amide bonds. The van der Waals surface area contributed by atoms with Gasteiger partial charge in [0, 0.05) is 22.3 Å². The van der Waals surface area contributed by atoms with Crippen LogP contribution in [0, 0.1) is 0 Å². The van der Waals surface area contributed by atoms with Crippen LogP contribution in [0.5, 0.6) is 0 Å². The largest absolute Gasteiger partial charge is 0.397 e. The highest BCUT2D eigenvalue weighted by molar-refractivity contribution is 7.20. The van der Waals surface area contributed by atoms with E-state index in [1.807, 2.05) is 42.5 Å². The number of para-hydroxylation sites is 2. The van der Waals surface area contributed by atoms with Gasteiger partial charge >= 0.3 is 0 Å². The van der Waals surface area contributed by atoms with Gasteiger partial charge in [0.1, 0.15) is 0 Å². The summed E-state index contributed by atoms with van der Waals surface area (Å²) in [5, 5.41) is 8.22. The molecule has 0 aliphatic rings. The van der Waals surface area contributed by atoms with Crippen LogP contribution < -0.4 is 16.4 Å². The van der Waals surface area contributed by atoms with Gasteiger partial charge in [-0.15, -0.1) is 11.3 Å². The number of halogens is 1. The van der Waals surface area contributed by atoms with E-state index in [0.717, 1.165) is 21.7 Å². The Bertz CT molecular complexity index is 1190. The number of hydrogen-bond acceptors (Lipinski definition) is 4. The molecule has 4 rings (SSSR count). The van der Waals surface area contributed by atoms with Gasteiger partial charge in [0.2, 0.25) is 0 Å². The first-order valence-electron chi connectivity index (χ1n) is 9.67. The highest BCUT2D eigenvalue weighted by Crippen LogP contribution is 2.30. The first-order chi connectivity index (χ1) is 14.5. The summed E-state index contributed by atoms with van der Waals surface area (Å²) in [6, 6.07) is 23.5. The number of thiophene rings is 1. The second kappa shape index (κ2) is 8.88. The fourth-order valence-electron chi connectivity index (χ4n) is 3.21. The highest BCUT2D eigenvalue weighted by atomic mass is 35.5. The van der Waals surface area contributed by atoms with E-state index in [-0.39, 0.29) is 11.9 Å². The molecule has 0 spiro atoms. The third-order valence-corrected chi connectivity index (χ3v) is 6.35. The highest BCUT2D eigenvalue weighted by Gasteiger charge is 2.13. The SMILES string of the molecule is CC(NCc1ccc(Cl)cc1)c1ccc2cc(C(=O)Nc3ccccc3N)sc2c1. The average Bonchev–Trinajstić information content (AvgIpc) is 3.18. The molecule has 1 unspecified atom stereocenters. The van der Waals surface area contributed by atoms with E-state index in [9.17, 15) is 4.79 Å². The summed E-state index contributed by atoms with van der Waals surface area (Å²) in [5.41, 5.74) is 9.47. The maximum atomic E-state index is 12.7. The Morgan fingerprint density at radius 2 is 1.83 bits per heavy atom. The topological polar surface area (TPSA) is 67.2 Å². The Labute approximate surface area is 184 Å². The molecule has 4 aromatic rings. The van der Waals surface area contributed by atoms with Crippen LogP contribution in [-0.2, 0) is 6.54 Å². The maximum absolute atomic E-state index is 12.7. The van der Waals surface area contributed by atoms with Crippen molar-refractivity contribution in [2.75, 3.05) is 11.1 Å². The summed E-state index contributed by atoms with van der Waals surface area (Å²) in [4.78, 5) is 13.3. The molecule has 3 aromatic carbocycles. The Morgan fingerprint density at radius 1 is 1.07 bits per heavy atom. The fraction of sp³-hybridized carbons (Fsp3) is 0.125. The first-order valence-corrected chi connectivity index (χ1v) is 10.9. The normalized spacial score (nSPS) is 12.1. The van der Waals surface area contributed by atoms with E-state index in [1.54, 1.807) is 12.1 Å². The monoisotopic (exact) mass is 435 g/mol. The van der Waals surface area contributed by atoms with Crippen LogP contribution in [-0.4, -0.2) is 5.91 Å². The number of nitrogen functional groups attached to an aromatic ring is 1. The summed E-state index contributed by atoms with van der Waals surface area (Å²) >= 11 is 7.43. The van der Waals surface area contributed by atoms with Gasteiger partial charge in [-0.3, -0.25) is 4.79 Å². The molecule has 0 radical (unpaired) electrons. The van der Waals surface area contributed by atoms with Crippen molar-refractivity contribution in [2.24, 2.45) is 0 Å². The van der Waals surface area contributed by atoms with Gasteiger partial charge < -0.3 is 16.4 Å². The number of amides is 1. The summed E-state index contributed by atoms with van der Waals surface area (Å²) in [6.07, 6.45) is 0. The van der Waals surface area contributed by atoms with Crippen molar-refractivity contribution in [1.82, 2.24) is 5.32 Å². The van der Waals surface area contributed by atoms with Crippen LogP contribution in [0.4, 0.5) is 11.4 Å². The minimum atomic E-state index is -0.149. The van der Waals surface area contributed by atoms with Gasteiger partial charge in [-0.05, 0) is 59.8 Å². The van der Waals surface area contributed by atoms with E-state index >= 15 is 0 Å². The molecule has 0 fully saturated rings. The van der Waals surface area contributed by atoms with Crippen molar-refractivity contribution < 1.29 is 4.79 Å². The van der Waals surface area contributed by atoms with E-state index in [0.29, 0.717) is 16.3 Å². The van der Waals surface area contributed by atoms with Gasteiger partial charge in [-0.1, -0.05) is 48.0 Å². The number of carbonyl (C=O) groups excluding carboxylic acids is 1. The number of hydrogen-bond donors (Lipinski definition) is 3. The lowest BCUT2D eigenvalue weighted by Crippen LogP contribution is -2.17. The van der Waals surface area contributed by atoms with E-state index in [2.05, 4.69) is 35.8 Å². The van der Waals surface area contributed by atoms with Crippen molar-refractivity contribution in [3.05, 3.63) is 93.8 Å². The number of fused-ring (bicyclic) bond motifs is 1. The molecule has 1 aromatic heterocycles. The Hall–Kier alpha value is -2.86. The van der Waals surface area contributed by atoms with Crippen LogP contribution in [0.2, 0.25) is 5.02 Å². The Balaban J connectivity index is 1.47. The van der Waals surface area contributed by atoms with Crippen molar-refractivity contribution >= 4 is 50.3 Å². The van der Waals surface area contributed by atoms with E-state index in [4.69, 9.17) is 17.3 Å². The summed E-state index contributed by atoms with van der Waals surface area (Å²) in [7, 11) is 0. The molecule has 4 N–H and O–H groups in total. The van der Waals surface area contributed by atoms with Crippen molar-refractivity contribution in [1.29, 1.82) is 0 Å². The summed E-state index contributed by atoms with van der Waals surface area (Å²) in [5.74, 6) is -0.149. The molecular formula is C24H22ClN3OS. The predicted octanol–water partition coefficient (Wildman–Crippen LogP) is 6.24. The standard InChI is InChI=1S/C24H22ClN3OS/c1-15(27-14-16-6-10-19(25)11-7-16)17-8-9-18-13-23(30-22(18)12-17)24(29)28-21-5-3-2-4-20(21)26/h2-13,15,27H,14,26H2,1H3,(H,28,29). The Morgan fingerprint density at radius 3 is 2.60 bits per heavy atom. The lowest BCUT2D eigenvalue weighted by Gasteiger charge is -2.14. The second-order valence-corrected chi connectivity index (χ2v) is 8.70. The molecule has 0 aliphatic heterocycles. The number of benzene rings is 3. The molecule has 0 saturated carbocycles. The zero-order chi connectivity index (χ0) is 21.1. The van der Waals surface area contributed by atoms with E-state index < -0.39 is 0 Å². The minimum absolute atomic E-state index is 0.149. The van der Waals surface area contributed by atoms with Crippen LogP contribution in [0.1, 0.15) is 33.8 Å². The third-order valence-electron chi connectivity index (χ3n) is 5.00. The molecule has 0 saturated heterocycles. The number of nitrogens with one attached hydrogen (secondary N) is 2. The molecule has 1 heterocycles. The molecule has 0 aliphatic carbocycles. The fourth-order valence-corrected chi connectivity index (χ4v) is 4.35. The molecular weight excluding hydrogens is 414 g/mol. The van der Waals surface area contributed by atoms with Crippen LogP contribution in [0.15, 0.2) is 72.8 Å². The maximum Gasteiger partial charge on any atom is 0.265 e. The smallest absolute Gasteiger partial charge is 0.265 e. The molecule has 152 valence electrons. The van der Waals surface area contributed by atoms with Crippen molar-refractivity contribution in [2.45, 2.75) is 19.5 Å². The van der Waals surface area contributed by atoms with Gasteiger partial charge in [0.15, 0.2) is 0 Å². The lowest BCUT2D eigenvalue weighted by molar-refractivity contribution is 0.103. The number of carbonyl (C=O) groups is 1. The predicted molar refractivity (Wildman–Crippen MR) is 127 cm³/mol. The van der Waals surface area contributed by atoms with Gasteiger partial charge in [-0.2, -0.15) is 0 Å². The number of nitrogens with two attached hydrogens (primary N) is 1. The van der Waals surface area contributed by atoms with Crippen molar-refractivity contribution in [3.63, 3.8) is 0 Å². The molecule has 4 nitrogen and oxygen atoms in total. The second-order valence-electron chi connectivity index (χ2n) is 7.18. The molecule has 6 heteroatoms. The van der Waals surface area contributed by atoms with Crippen LogP contribution in [0.3, 0.4) is 0 Å². The van der Waals surface area contributed by atoms with Crippen LogP contribution in [0.25, 0.3) is 10.1 Å². The quantitative estimate of drug-likeness (QED) is 0.314. The van der Waals surface area contributed by atoms with Gasteiger partial charge in [0.25, 0.3) is 5.91 Å². The van der Waals surface area contributed by atoms with Crippen LogP contribution >= 0.6 is 22.9 Å². The van der Waals surface area contributed by atoms with Crippen molar-refractivity contribution in [3.8, 4) is 0 Å². The minimum Gasteiger partial charge on any atom is -0.397 e. The number of rotatable bonds is 6. The number of anilines is 2. The molecule has 1 atom stereocenters. The lowest BCUT2D eigenvalue weighted by atomic mass is 10.1. The third kappa shape index (κ3) is 4.65. The zero-order valence-electron chi connectivity index (χ0n) is 16.5. The average molecular weight is 436 g/mol. The molecule has 30 heavy (non-hydrogen) atoms. The van der Waals surface area contributed by atoms with Gasteiger partial charge in [0.05, 0.1) is 16.3 Å². The molecule has 0 bridgehead atoms. The van der Waals surface area contributed by atoms with Gasteiger partial charge in [-0.25, -0.2) is 0 Å².